The van der Waals surface area contributed by atoms with Gasteiger partial charge in [-0.15, -0.1) is 0 Å². The summed E-state index contributed by atoms with van der Waals surface area (Å²) in [6.45, 7) is 11.1. The van der Waals surface area contributed by atoms with Crippen molar-refractivity contribution >= 4 is 0 Å². The normalized spacial score (nSPS) is 20.8. The third kappa shape index (κ3) is 4.04. The van der Waals surface area contributed by atoms with Crippen molar-refractivity contribution in [2.24, 2.45) is 7.05 Å². The molecule has 2 heterocycles. The van der Waals surface area contributed by atoms with Crippen LogP contribution in [0.1, 0.15) is 32.2 Å². The lowest BCUT2D eigenvalue weighted by Crippen LogP contribution is -2.50. The van der Waals surface area contributed by atoms with E-state index in [2.05, 4.69) is 42.2 Å². The van der Waals surface area contributed by atoms with Crippen LogP contribution in [0.5, 0.6) is 0 Å². The quantitative estimate of drug-likeness (QED) is 0.850. The summed E-state index contributed by atoms with van der Waals surface area (Å²) in [6.07, 6.45) is 0.995. The number of morpholine rings is 1. The Balaban J connectivity index is 1.98. The first-order valence-corrected chi connectivity index (χ1v) is 7.67. The maximum absolute atomic E-state index is 5.63. The molecule has 5 nitrogen and oxygen atoms in total. The maximum Gasteiger partial charge on any atom is 0.0635 e. The minimum atomic E-state index is 0.450. The maximum atomic E-state index is 5.63. The molecule has 5 heteroatoms. The van der Waals surface area contributed by atoms with Gasteiger partial charge in [0.1, 0.15) is 0 Å². The Labute approximate surface area is 122 Å². The van der Waals surface area contributed by atoms with Crippen LogP contribution in [-0.4, -0.2) is 53.1 Å². The van der Waals surface area contributed by atoms with Gasteiger partial charge in [0.2, 0.25) is 0 Å². The van der Waals surface area contributed by atoms with E-state index < -0.39 is 0 Å². The molecule has 114 valence electrons. The predicted octanol–water partition coefficient (Wildman–Crippen LogP) is 1.18. The number of nitrogens with one attached hydrogen (secondary N) is 1. The highest BCUT2D eigenvalue weighted by Gasteiger charge is 2.24. The van der Waals surface area contributed by atoms with E-state index in [9.17, 15) is 0 Å². The molecule has 0 aromatic carbocycles. The van der Waals surface area contributed by atoms with E-state index in [1.54, 1.807) is 0 Å². The minimum absolute atomic E-state index is 0.450. The van der Waals surface area contributed by atoms with E-state index in [-0.39, 0.29) is 0 Å². The molecule has 1 fully saturated rings. The minimum Gasteiger partial charge on any atom is -0.378 e. The molecule has 0 saturated carbocycles. The predicted molar refractivity (Wildman–Crippen MR) is 80.7 cm³/mol. The molecule has 0 amide bonds. The molecule has 1 saturated heterocycles. The summed E-state index contributed by atoms with van der Waals surface area (Å²) in [4.78, 5) is 2.51. The Morgan fingerprint density at radius 1 is 1.50 bits per heavy atom. The van der Waals surface area contributed by atoms with Crippen molar-refractivity contribution in [2.75, 3.05) is 26.3 Å². The molecule has 1 aliphatic heterocycles. The number of hydrogen-bond donors (Lipinski definition) is 1. The summed E-state index contributed by atoms with van der Waals surface area (Å²) < 4.78 is 7.65. The van der Waals surface area contributed by atoms with Gasteiger partial charge in [0.05, 0.1) is 24.6 Å². The Morgan fingerprint density at radius 2 is 2.30 bits per heavy atom. The van der Waals surface area contributed by atoms with E-state index in [0.717, 1.165) is 39.3 Å². The van der Waals surface area contributed by atoms with Gasteiger partial charge in [-0.1, -0.05) is 20.8 Å². The molecule has 1 aromatic rings. The van der Waals surface area contributed by atoms with E-state index in [1.807, 2.05) is 11.7 Å². The third-order valence-electron chi connectivity index (χ3n) is 3.87. The van der Waals surface area contributed by atoms with Crippen LogP contribution in [0.2, 0.25) is 0 Å². The van der Waals surface area contributed by atoms with Crippen LogP contribution in [0.4, 0.5) is 0 Å². The molecule has 1 atom stereocenters. The molecular formula is C15H28N4O. The van der Waals surface area contributed by atoms with E-state index in [1.165, 1.54) is 11.4 Å². The van der Waals surface area contributed by atoms with Crippen molar-refractivity contribution in [3.8, 4) is 0 Å². The van der Waals surface area contributed by atoms with Gasteiger partial charge >= 0.3 is 0 Å². The number of aromatic nitrogens is 2. The Morgan fingerprint density at radius 3 is 2.95 bits per heavy atom. The van der Waals surface area contributed by atoms with E-state index in [0.29, 0.717) is 12.1 Å². The monoisotopic (exact) mass is 280 g/mol. The van der Waals surface area contributed by atoms with Gasteiger partial charge in [-0.3, -0.25) is 9.58 Å². The lowest BCUT2D eigenvalue weighted by Gasteiger charge is -2.36. The molecule has 0 bridgehead atoms. The number of nitrogens with zero attached hydrogens (tertiary/aromatic N) is 3. The zero-order valence-electron chi connectivity index (χ0n) is 13.2. The van der Waals surface area contributed by atoms with Gasteiger partial charge in [0.25, 0.3) is 0 Å². The fraction of sp³-hybridized carbons (Fsp3) is 0.800. The SMILES string of the molecule is CCc1cc(CN2CCOCC2CNC(C)C)n(C)n1. The van der Waals surface area contributed by atoms with Gasteiger partial charge in [-0.2, -0.15) is 5.10 Å². The van der Waals surface area contributed by atoms with Crippen molar-refractivity contribution in [3.63, 3.8) is 0 Å². The number of hydrogen-bond acceptors (Lipinski definition) is 4. The van der Waals surface area contributed by atoms with Crippen molar-refractivity contribution < 1.29 is 4.74 Å². The van der Waals surface area contributed by atoms with Crippen LogP contribution in [0.15, 0.2) is 6.07 Å². The Kier molecular flexibility index (Phi) is 5.57. The smallest absolute Gasteiger partial charge is 0.0635 e. The molecule has 1 aliphatic rings. The average molecular weight is 280 g/mol. The molecule has 0 radical (unpaired) electrons. The molecule has 2 rings (SSSR count). The van der Waals surface area contributed by atoms with Crippen molar-refractivity contribution in [3.05, 3.63) is 17.5 Å². The fourth-order valence-electron chi connectivity index (χ4n) is 2.56. The largest absolute Gasteiger partial charge is 0.378 e. The highest BCUT2D eigenvalue weighted by Crippen LogP contribution is 2.13. The molecule has 20 heavy (non-hydrogen) atoms. The first-order chi connectivity index (χ1) is 9.60. The van der Waals surface area contributed by atoms with Crippen molar-refractivity contribution in [1.29, 1.82) is 0 Å². The molecule has 1 aromatic heterocycles. The summed E-state index contributed by atoms with van der Waals surface area (Å²) in [5, 5.41) is 8.05. The second kappa shape index (κ2) is 7.20. The van der Waals surface area contributed by atoms with Gasteiger partial charge in [0.15, 0.2) is 0 Å². The van der Waals surface area contributed by atoms with Crippen molar-refractivity contribution in [1.82, 2.24) is 20.0 Å². The molecule has 1 unspecified atom stereocenters. The molecule has 0 spiro atoms. The van der Waals surface area contributed by atoms with Crippen LogP contribution >= 0.6 is 0 Å². The van der Waals surface area contributed by atoms with Gasteiger partial charge < -0.3 is 10.1 Å². The van der Waals surface area contributed by atoms with Crippen molar-refractivity contribution in [2.45, 2.75) is 45.8 Å². The fourth-order valence-corrected chi connectivity index (χ4v) is 2.56. The van der Waals surface area contributed by atoms with Crippen LogP contribution in [0.25, 0.3) is 0 Å². The summed E-state index contributed by atoms with van der Waals surface area (Å²) in [5.74, 6) is 0. The first kappa shape index (κ1) is 15.5. The number of aryl methyl sites for hydroxylation is 2. The zero-order valence-corrected chi connectivity index (χ0v) is 13.2. The van der Waals surface area contributed by atoms with E-state index in [4.69, 9.17) is 4.74 Å². The lowest BCUT2D eigenvalue weighted by molar-refractivity contribution is -0.0124. The Hall–Kier alpha value is -0.910. The molecular weight excluding hydrogens is 252 g/mol. The van der Waals surface area contributed by atoms with Gasteiger partial charge in [-0.05, 0) is 12.5 Å². The molecule has 1 N–H and O–H groups in total. The standard InChI is InChI=1S/C15H28N4O/c1-5-13-8-14(18(4)17-13)10-19-6-7-20-11-15(19)9-16-12(2)3/h8,12,15-16H,5-7,9-11H2,1-4H3. The summed E-state index contributed by atoms with van der Waals surface area (Å²) >= 11 is 0. The van der Waals surface area contributed by atoms with Crippen LogP contribution in [-0.2, 0) is 24.8 Å². The first-order valence-electron chi connectivity index (χ1n) is 7.67. The second-order valence-corrected chi connectivity index (χ2v) is 5.87. The highest BCUT2D eigenvalue weighted by atomic mass is 16.5. The third-order valence-corrected chi connectivity index (χ3v) is 3.87. The number of rotatable bonds is 6. The summed E-state index contributed by atoms with van der Waals surface area (Å²) in [5.41, 5.74) is 2.46. The second-order valence-electron chi connectivity index (χ2n) is 5.87. The van der Waals surface area contributed by atoms with Crippen LogP contribution < -0.4 is 5.32 Å². The summed E-state index contributed by atoms with van der Waals surface area (Å²) in [7, 11) is 2.04. The Bertz CT molecular complexity index is 416. The summed E-state index contributed by atoms with van der Waals surface area (Å²) in [6, 6.07) is 3.19. The van der Waals surface area contributed by atoms with Crippen LogP contribution in [0, 0.1) is 0 Å². The zero-order chi connectivity index (χ0) is 14.5. The molecule has 0 aliphatic carbocycles. The number of ether oxygens (including phenoxy) is 1. The van der Waals surface area contributed by atoms with Gasteiger partial charge in [-0.25, -0.2) is 0 Å². The lowest BCUT2D eigenvalue weighted by atomic mass is 10.2. The van der Waals surface area contributed by atoms with Gasteiger partial charge in [0, 0.05) is 38.8 Å². The average Bonchev–Trinajstić information content (AvgIpc) is 2.78. The van der Waals surface area contributed by atoms with Crippen LogP contribution in [0.3, 0.4) is 0 Å². The van der Waals surface area contributed by atoms with E-state index >= 15 is 0 Å². The highest BCUT2D eigenvalue weighted by molar-refractivity contribution is 5.10. The topological polar surface area (TPSA) is 42.3 Å².